The summed E-state index contributed by atoms with van der Waals surface area (Å²) in [6, 6.07) is 0. The van der Waals surface area contributed by atoms with E-state index in [1.165, 1.54) is 0 Å². The molecule has 0 aliphatic rings. The van der Waals surface area contributed by atoms with Crippen LogP contribution in [-0.2, 0) is 6.54 Å². The predicted octanol–water partition coefficient (Wildman–Crippen LogP) is 2.29. The molecule has 0 fully saturated rings. The van der Waals surface area contributed by atoms with Crippen LogP contribution in [0.15, 0.2) is 10.9 Å². The standard InChI is InChI=1S/C13H20N6S/c1-8(2)11-16-12(18-14)9(3)13(17-11)19(4)5-10-6-20-7-15-10/h6-8H,5,14H2,1-4H3,(H,16,17,18). The minimum absolute atomic E-state index is 0.245. The number of aromatic nitrogens is 3. The fourth-order valence-electron chi connectivity index (χ4n) is 1.93. The van der Waals surface area contributed by atoms with Crippen molar-refractivity contribution in [3.05, 3.63) is 28.0 Å². The molecule has 2 heterocycles. The number of hydrogen-bond acceptors (Lipinski definition) is 7. The summed E-state index contributed by atoms with van der Waals surface area (Å²) < 4.78 is 0. The van der Waals surface area contributed by atoms with Crippen LogP contribution in [-0.4, -0.2) is 22.0 Å². The Balaban J connectivity index is 2.36. The van der Waals surface area contributed by atoms with Crippen LogP contribution in [0.4, 0.5) is 11.6 Å². The Bertz CT molecular complexity index is 566. The number of hydrazine groups is 1. The molecule has 0 radical (unpaired) electrons. The zero-order valence-corrected chi connectivity index (χ0v) is 13.0. The van der Waals surface area contributed by atoms with Crippen molar-refractivity contribution in [2.24, 2.45) is 5.84 Å². The first kappa shape index (κ1) is 14.7. The highest BCUT2D eigenvalue weighted by molar-refractivity contribution is 7.07. The predicted molar refractivity (Wildman–Crippen MR) is 82.9 cm³/mol. The summed E-state index contributed by atoms with van der Waals surface area (Å²) in [7, 11) is 2.00. The van der Waals surface area contributed by atoms with E-state index in [0.717, 1.165) is 22.9 Å². The van der Waals surface area contributed by atoms with Gasteiger partial charge in [0.05, 0.1) is 17.7 Å². The first-order chi connectivity index (χ1) is 9.52. The summed E-state index contributed by atoms with van der Waals surface area (Å²) in [5.74, 6) is 8.13. The van der Waals surface area contributed by atoms with Crippen molar-refractivity contribution in [1.82, 2.24) is 15.0 Å². The zero-order chi connectivity index (χ0) is 14.7. The molecule has 0 saturated carbocycles. The van der Waals surface area contributed by atoms with Gasteiger partial charge in [-0.1, -0.05) is 13.8 Å². The summed E-state index contributed by atoms with van der Waals surface area (Å²) in [6.45, 7) is 6.80. The average Bonchev–Trinajstić information content (AvgIpc) is 2.91. The summed E-state index contributed by atoms with van der Waals surface area (Å²) in [5, 5.41) is 2.04. The molecule has 0 atom stereocenters. The molecule has 20 heavy (non-hydrogen) atoms. The number of hydrogen-bond donors (Lipinski definition) is 2. The van der Waals surface area contributed by atoms with Crippen LogP contribution in [0.2, 0.25) is 0 Å². The summed E-state index contributed by atoms with van der Waals surface area (Å²) in [4.78, 5) is 15.5. The Labute approximate surface area is 123 Å². The van der Waals surface area contributed by atoms with Crippen molar-refractivity contribution in [3.8, 4) is 0 Å². The number of thiazole rings is 1. The quantitative estimate of drug-likeness (QED) is 0.650. The van der Waals surface area contributed by atoms with Crippen molar-refractivity contribution in [1.29, 1.82) is 0 Å². The van der Waals surface area contributed by atoms with Crippen molar-refractivity contribution in [3.63, 3.8) is 0 Å². The minimum atomic E-state index is 0.245. The second-order valence-corrected chi connectivity index (χ2v) is 5.73. The lowest BCUT2D eigenvalue weighted by Gasteiger charge is -2.22. The normalized spacial score (nSPS) is 10.9. The van der Waals surface area contributed by atoms with Gasteiger partial charge in [-0.2, -0.15) is 0 Å². The summed E-state index contributed by atoms with van der Waals surface area (Å²) >= 11 is 1.59. The van der Waals surface area contributed by atoms with E-state index in [2.05, 4.69) is 39.1 Å². The molecule has 7 heteroatoms. The lowest BCUT2D eigenvalue weighted by Crippen LogP contribution is -2.22. The van der Waals surface area contributed by atoms with E-state index in [0.29, 0.717) is 12.4 Å². The fraction of sp³-hybridized carbons (Fsp3) is 0.462. The van der Waals surface area contributed by atoms with Gasteiger partial charge in [-0.25, -0.2) is 20.8 Å². The smallest absolute Gasteiger partial charge is 0.148 e. The highest BCUT2D eigenvalue weighted by atomic mass is 32.1. The lowest BCUT2D eigenvalue weighted by atomic mass is 10.2. The van der Waals surface area contributed by atoms with Crippen LogP contribution in [0.25, 0.3) is 0 Å². The molecule has 6 nitrogen and oxygen atoms in total. The lowest BCUT2D eigenvalue weighted by molar-refractivity contribution is 0.757. The van der Waals surface area contributed by atoms with Gasteiger partial charge in [0.1, 0.15) is 17.5 Å². The Morgan fingerprint density at radius 1 is 1.40 bits per heavy atom. The van der Waals surface area contributed by atoms with Crippen molar-refractivity contribution in [2.75, 3.05) is 17.4 Å². The Morgan fingerprint density at radius 2 is 2.15 bits per heavy atom. The van der Waals surface area contributed by atoms with Gasteiger partial charge in [-0.3, -0.25) is 0 Å². The molecule has 0 bridgehead atoms. The van der Waals surface area contributed by atoms with Crippen LogP contribution in [0.5, 0.6) is 0 Å². The van der Waals surface area contributed by atoms with Gasteiger partial charge in [-0.05, 0) is 6.92 Å². The Morgan fingerprint density at radius 3 is 2.70 bits per heavy atom. The summed E-state index contributed by atoms with van der Waals surface area (Å²) in [5.41, 5.74) is 6.46. The van der Waals surface area contributed by atoms with Gasteiger partial charge in [0.15, 0.2) is 0 Å². The van der Waals surface area contributed by atoms with Gasteiger partial charge in [0.25, 0.3) is 0 Å². The first-order valence-corrected chi connectivity index (χ1v) is 7.40. The van der Waals surface area contributed by atoms with Crippen LogP contribution >= 0.6 is 11.3 Å². The maximum absolute atomic E-state index is 5.56. The molecule has 0 amide bonds. The molecular formula is C13H20N6S. The van der Waals surface area contributed by atoms with E-state index < -0.39 is 0 Å². The third-order valence-electron chi connectivity index (χ3n) is 3.03. The molecule has 2 aromatic rings. The molecule has 0 unspecified atom stereocenters. The number of nitrogens with two attached hydrogens (primary N) is 1. The van der Waals surface area contributed by atoms with Gasteiger partial charge in [0, 0.05) is 23.9 Å². The number of anilines is 2. The SMILES string of the molecule is Cc1c(NN)nc(C(C)C)nc1N(C)Cc1cscn1. The number of nitrogen functional groups attached to an aromatic ring is 1. The zero-order valence-electron chi connectivity index (χ0n) is 12.2. The maximum atomic E-state index is 5.56. The van der Waals surface area contributed by atoms with E-state index in [1.807, 2.05) is 24.9 Å². The fourth-order valence-corrected chi connectivity index (χ4v) is 2.48. The molecule has 3 N–H and O–H groups in total. The molecule has 0 aliphatic heterocycles. The second kappa shape index (κ2) is 6.15. The highest BCUT2D eigenvalue weighted by Gasteiger charge is 2.16. The van der Waals surface area contributed by atoms with Crippen molar-refractivity contribution in [2.45, 2.75) is 33.2 Å². The largest absolute Gasteiger partial charge is 0.353 e. The second-order valence-electron chi connectivity index (χ2n) is 5.01. The number of rotatable bonds is 5. The molecule has 2 rings (SSSR count). The minimum Gasteiger partial charge on any atom is -0.353 e. The number of nitrogens with zero attached hydrogens (tertiary/aromatic N) is 4. The molecule has 2 aromatic heterocycles. The summed E-state index contributed by atoms with van der Waals surface area (Å²) in [6.07, 6.45) is 0. The van der Waals surface area contributed by atoms with Crippen LogP contribution in [0, 0.1) is 6.92 Å². The molecule has 0 aliphatic carbocycles. The Kier molecular flexibility index (Phi) is 4.51. The van der Waals surface area contributed by atoms with E-state index in [1.54, 1.807) is 11.3 Å². The molecular weight excluding hydrogens is 272 g/mol. The third kappa shape index (κ3) is 3.05. The van der Waals surface area contributed by atoms with E-state index in [4.69, 9.17) is 5.84 Å². The first-order valence-electron chi connectivity index (χ1n) is 6.46. The average molecular weight is 292 g/mol. The van der Waals surface area contributed by atoms with Crippen LogP contribution < -0.4 is 16.2 Å². The van der Waals surface area contributed by atoms with Crippen molar-refractivity contribution >= 4 is 23.0 Å². The van der Waals surface area contributed by atoms with Crippen LogP contribution in [0.3, 0.4) is 0 Å². The van der Waals surface area contributed by atoms with Crippen molar-refractivity contribution < 1.29 is 0 Å². The van der Waals surface area contributed by atoms with Gasteiger partial charge >= 0.3 is 0 Å². The molecule has 0 spiro atoms. The Hall–Kier alpha value is -1.73. The maximum Gasteiger partial charge on any atom is 0.148 e. The van der Waals surface area contributed by atoms with E-state index >= 15 is 0 Å². The van der Waals surface area contributed by atoms with E-state index in [9.17, 15) is 0 Å². The highest BCUT2D eigenvalue weighted by Crippen LogP contribution is 2.25. The van der Waals surface area contributed by atoms with Crippen LogP contribution in [0.1, 0.15) is 36.8 Å². The monoisotopic (exact) mass is 292 g/mol. The van der Waals surface area contributed by atoms with Gasteiger partial charge in [-0.15, -0.1) is 11.3 Å². The van der Waals surface area contributed by atoms with Gasteiger partial charge < -0.3 is 10.3 Å². The molecule has 108 valence electrons. The number of nitrogens with one attached hydrogen (secondary N) is 1. The van der Waals surface area contributed by atoms with Gasteiger partial charge in [0.2, 0.25) is 0 Å². The molecule has 0 aromatic carbocycles. The molecule has 0 saturated heterocycles. The topological polar surface area (TPSA) is 80.0 Å². The third-order valence-corrected chi connectivity index (χ3v) is 3.67. The van der Waals surface area contributed by atoms with E-state index in [-0.39, 0.29) is 5.92 Å².